The first-order chi connectivity index (χ1) is 21.5. The van der Waals surface area contributed by atoms with E-state index in [0.717, 1.165) is 23.8 Å². The van der Waals surface area contributed by atoms with Gasteiger partial charge in [0.2, 0.25) is 0 Å². The van der Waals surface area contributed by atoms with E-state index < -0.39 is 26.7 Å². The Hall–Kier alpha value is -5.89. The number of rotatable bonds is 8. The number of nitrogens with two attached hydrogens (primary N) is 1. The fourth-order valence-electron chi connectivity index (χ4n) is 5.08. The second-order valence-electron chi connectivity index (χ2n) is 10.3. The number of benzene rings is 3. The third-order valence-corrected chi connectivity index (χ3v) is 8.61. The van der Waals surface area contributed by atoms with Gasteiger partial charge >= 0.3 is 0 Å². The molecule has 0 aliphatic carbocycles. The normalized spacial score (nSPS) is 12.2. The number of hydrogen-bond donors (Lipinski definition) is 5. The van der Waals surface area contributed by atoms with Gasteiger partial charge in [-0.15, -0.1) is 0 Å². The fourth-order valence-corrected chi connectivity index (χ4v) is 6.21. The summed E-state index contributed by atoms with van der Waals surface area (Å²) in [5.74, 6) is -0.0189. The molecule has 3 heterocycles. The molecule has 14 heteroatoms. The summed E-state index contributed by atoms with van der Waals surface area (Å²) in [4.78, 5) is 21.9. The number of anilines is 3. The van der Waals surface area contributed by atoms with Crippen LogP contribution < -0.4 is 21.3 Å². The van der Waals surface area contributed by atoms with Gasteiger partial charge in [-0.3, -0.25) is 14.1 Å². The first-order valence-electron chi connectivity index (χ1n) is 13.7. The van der Waals surface area contributed by atoms with E-state index in [2.05, 4.69) is 20.0 Å². The highest BCUT2D eigenvalue weighted by atomic mass is 32.2. The van der Waals surface area contributed by atoms with Crippen LogP contribution in [0.15, 0.2) is 101 Å². The predicted octanol–water partition coefficient (Wildman–Crippen LogP) is 4.22. The van der Waals surface area contributed by atoms with Crippen molar-refractivity contribution < 1.29 is 18.6 Å². The number of phenols is 2. The van der Waals surface area contributed by atoms with Crippen LogP contribution in [0.1, 0.15) is 24.4 Å². The Balaban J connectivity index is 1.39. The monoisotopic (exact) mass is 624 g/mol. The van der Waals surface area contributed by atoms with Crippen molar-refractivity contribution in [3.63, 3.8) is 0 Å². The number of hydrogen-bond acceptors (Lipinski definition) is 10. The fraction of sp³-hybridized carbons (Fsp3) is 0.0968. The number of sulfonamides is 1. The summed E-state index contributed by atoms with van der Waals surface area (Å²) in [7, 11) is -4.22. The third kappa shape index (κ3) is 5.49. The quantitative estimate of drug-likeness (QED) is 0.164. The predicted molar refractivity (Wildman–Crippen MR) is 170 cm³/mol. The molecule has 0 saturated heterocycles. The molecule has 0 unspecified atom stereocenters. The topological polar surface area (TPSA) is 190 Å². The minimum absolute atomic E-state index is 0.126. The van der Waals surface area contributed by atoms with Crippen LogP contribution in [0.2, 0.25) is 0 Å². The lowest BCUT2D eigenvalue weighted by Gasteiger charge is -2.21. The second-order valence-corrected chi connectivity index (χ2v) is 12.0. The minimum atomic E-state index is -4.22. The smallest absolute Gasteiger partial charge is 0.282 e. The zero-order valence-electron chi connectivity index (χ0n) is 24.1. The lowest BCUT2D eigenvalue weighted by Crippen LogP contribution is -2.29. The first kappa shape index (κ1) is 29.2. The zero-order chi connectivity index (χ0) is 31.9. The van der Waals surface area contributed by atoms with Crippen molar-refractivity contribution in [2.24, 2.45) is 0 Å². The molecule has 0 radical (unpaired) electrons. The molecule has 0 spiro atoms. The van der Waals surface area contributed by atoms with E-state index in [1.165, 1.54) is 12.4 Å². The molecule has 6 N–H and O–H groups in total. The highest BCUT2D eigenvalue weighted by molar-refractivity contribution is 7.92. The van der Waals surface area contributed by atoms with Crippen LogP contribution >= 0.6 is 0 Å². The van der Waals surface area contributed by atoms with Gasteiger partial charge in [0.25, 0.3) is 15.6 Å². The Kier molecular flexibility index (Phi) is 7.34. The molecule has 0 saturated carbocycles. The molecular weight excluding hydrogens is 596 g/mol. The highest BCUT2D eigenvalue weighted by Crippen LogP contribution is 2.35. The number of aromatic hydroxyl groups is 2. The van der Waals surface area contributed by atoms with Crippen molar-refractivity contribution in [2.75, 3.05) is 15.8 Å². The van der Waals surface area contributed by atoms with Gasteiger partial charge in [0, 0.05) is 18.0 Å². The molecule has 6 rings (SSSR count). The number of nitrogens with one attached hydrogen (secondary N) is 2. The molecule has 0 amide bonds. The van der Waals surface area contributed by atoms with Gasteiger partial charge in [0.15, 0.2) is 5.82 Å². The molecule has 0 fully saturated rings. The molecule has 6 aromatic rings. The second kappa shape index (κ2) is 11.3. The van der Waals surface area contributed by atoms with Crippen LogP contribution in [0.4, 0.5) is 17.3 Å². The highest BCUT2D eigenvalue weighted by Gasteiger charge is 2.23. The van der Waals surface area contributed by atoms with Gasteiger partial charge in [0.1, 0.15) is 39.9 Å². The largest absolute Gasteiger partial charge is 0.508 e. The Morgan fingerprint density at radius 3 is 2.49 bits per heavy atom. The van der Waals surface area contributed by atoms with Crippen LogP contribution in [0.5, 0.6) is 11.5 Å². The van der Waals surface area contributed by atoms with Crippen molar-refractivity contribution in [3.8, 4) is 28.3 Å². The molecule has 0 bridgehead atoms. The third-order valence-electron chi connectivity index (χ3n) is 7.18. The maximum Gasteiger partial charge on any atom is 0.282 e. The maximum atomic E-state index is 13.8. The van der Waals surface area contributed by atoms with Gasteiger partial charge in [-0.1, -0.05) is 30.3 Å². The number of phenolic OH excluding ortho intramolecular Hbond substituents is 2. The Morgan fingerprint density at radius 2 is 1.73 bits per heavy atom. The number of nitrogens with zero attached hydrogens (tertiary/aromatic N) is 5. The summed E-state index contributed by atoms with van der Waals surface area (Å²) in [5.41, 5.74) is 9.06. The van der Waals surface area contributed by atoms with E-state index in [-0.39, 0.29) is 22.8 Å². The van der Waals surface area contributed by atoms with Gasteiger partial charge in [-0.25, -0.2) is 22.9 Å². The number of fused-ring (bicyclic) bond motifs is 1. The van der Waals surface area contributed by atoms with E-state index in [0.29, 0.717) is 34.0 Å². The van der Waals surface area contributed by atoms with Gasteiger partial charge in [-0.05, 0) is 67.4 Å². The molecule has 3 aromatic carbocycles. The standard InChI is InChI=1S/C31H28N8O5S/c1-18-13-14-38-27(18)31(42)39(22-9-4-3-5-10-22)30(36-38)19(2)35-29-26(28(32)33-17-34-29)20-7-6-8-21(15-20)37-45(43,44)25-12-11-23(40)16-24(25)41/h3-17,19,37,40-41H,1-2H3,(H3,32,33,34,35)/t19-/m0/s1. The molecule has 228 valence electrons. The molecule has 0 aliphatic heterocycles. The van der Waals surface area contributed by atoms with Crippen LogP contribution in [0.3, 0.4) is 0 Å². The number of aromatic nitrogens is 5. The molecular formula is C31H28N8O5S. The lowest BCUT2D eigenvalue weighted by atomic mass is 10.1. The summed E-state index contributed by atoms with van der Waals surface area (Å²) in [6.45, 7) is 3.69. The van der Waals surface area contributed by atoms with Crippen molar-refractivity contribution in [1.82, 2.24) is 24.1 Å². The molecule has 3 aromatic heterocycles. The Bertz CT molecular complexity index is 2230. The van der Waals surface area contributed by atoms with Crippen LogP contribution in [0.25, 0.3) is 22.3 Å². The average Bonchev–Trinajstić information content (AvgIpc) is 3.38. The minimum Gasteiger partial charge on any atom is -0.508 e. The summed E-state index contributed by atoms with van der Waals surface area (Å²) in [6, 6.07) is 20.1. The van der Waals surface area contributed by atoms with E-state index in [1.54, 1.807) is 33.5 Å². The zero-order valence-corrected chi connectivity index (χ0v) is 24.9. The summed E-state index contributed by atoms with van der Waals surface area (Å²) < 4.78 is 31.6. The van der Waals surface area contributed by atoms with E-state index >= 15 is 0 Å². The van der Waals surface area contributed by atoms with E-state index in [9.17, 15) is 23.4 Å². The summed E-state index contributed by atoms with van der Waals surface area (Å²) in [6.07, 6.45) is 3.03. The van der Waals surface area contributed by atoms with Crippen molar-refractivity contribution in [1.29, 1.82) is 0 Å². The summed E-state index contributed by atoms with van der Waals surface area (Å²) in [5, 5.41) is 27.8. The van der Waals surface area contributed by atoms with Gasteiger partial charge in [-0.2, -0.15) is 5.10 Å². The molecule has 13 nitrogen and oxygen atoms in total. The van der Waals surface area contributed by atoms with Crippen LogP contribution in [-0.2, 0) is 10.0 Å². The van der Waals surface area contributed by atoms with Crippen LogP contribution in [-0.4, -0.2) is 42.8 Å². The van der Waals surface area contributed by atoms with Crippen molar-refractivity contribution >= 4 is 32.9 Å². The van der Waals surface area contributed by atoms with Crippen molar-refractivity contribution in [2.45, 2.75) is 24.8 Å². The summed E-state index contributed by atoms with van der Waals surface area (Å²) >= 11 is 0. The lowest BCUT2D eigenvalue weighted by molar-refractivity contribution is 0.440. The molecule has 0 aliphatic rings. The Morgan fingerprint density at radius 1 is 0.956 bits per heavy atom. The number of para-hydroxylation sites is 1. The molecule has 1 atom stereocenters. The van der Waals surface area contributed by atoms with Crippen molar-refractivity contribution in [3.05, 3.63) is 113 Å². The number of nitrogen functional groups attached to an aromatic ring is 1. The Labute approximate surface area is 257 Å². The van der Waals surface area contributed by atoms with Gasteiger partial charge < -0.3 is 21.3 Å². The average molecular weight is 625 g/mol. The molecule has 45 heavy (non-hydrogen) atoms. The first-order valence-corrected chi connectivity index (χ1v) is 15.2. The van der Waals surface area contributed by atoms with E-state index in [1.807, 2.05) is 50.2 Å². The van der Waals surface area contributed by atoms with E-state index in [4.69, 9.17) is 10.8 Å². The van der Waals surface area contributed by atoms with Crippen LogP contribution in [0, 0.1) is 6.92 Å². The van der Waals surface area contributed by atoms with Gasteiger partial charge in [0.05, 0.1) is 17.3 Å². The number of aryl methyl sites for hydroxylation is 1. The SMILES string of the molecule is Cc1ccn2nc([C@H](C)Nc3ncnc(N)c3-c3cccc(NS(=O)(=O)c4ccc(O)cc4O)c3)n(-c3ccccc3)c(=O)c12. The maximum absolute atomic E-state index is 13.8.